The van der Waals surface area contributed by atoms with Gasteiger partial charge in [-0.1, -0.05) is 6.07 Å². The lowest BCUT2D eigenvalue weighted by Crippen LogP contribution is -2.22. The van der Waals surface area contributed by atoms with Crippen molar-refractivity contribution < 1.29 is 4.79 Å². The number of carbonyl (C=O) groups excluding carboxylic acids is 1. The summed E-state index contributed by atoms with van der Waals surface area (Å²) in [5.41, 5.74) is 7.48. The van der Waals surface area contributed by atoms with Crippen LogP contribution in [0, 0.1) is 0 Å². The molecule has 3 heterocycles. The summed E-state index contributed by atoms with van der Waals surface area (Å²) in [6.07, 6.45) is 6.80. The number of nitrogens with one attached hydrogen (secondary N) is 1. The maximum Gasteiger partial charge on any atom is 0.263 e. The predicted molar refractivity (Wildman–Crippen MR) is 79.4 cm³/mol. The Kier molecular flexibility index (Phi) is 3.30. The minimum atomic E-state index is -0.174. The van der Waals surface area contributed by atoms with Gasteiger partial charge < -0.3 is 11.1 Å². The largest absolute Gasteiger partial charge is 0.397 e. The lowest BCUT2D eigenvalue weighted by molar-refractivity contribution is 0.0956. The molecule has 0 spiro atoms. The van der Waals surface area contributed by atoms with E-state index in [9.17, 15) is 4.79 Å². The smallest absolute Gasteiger partial charge is 0.263 e. The molecule has 0 saturated carbocycles. The van der Waals surface area contributed by atoms with E-state index in [1.807, 2.05) is 18.2 Å². The molecule has 3 N–H and O–H groups in total. The first kappa shape index (κ1) is 12.6. The number of carbonyl (C=O) groups is 1. The number of nitrogens with two attached hydrogens (primary N) is 1. The van der Waals surface area contributed by atoms with Gasteiger partial charge in [-0.15, -0.1) is 11.3 Å². The molecule has 0 aromatic carbocycles. The third-order valence-corrected chi connectivity index (χ3v) is 4.07. The average molecular weight is 284 g/mol. The quantitative estimate of drug-likeness (QED) is 0.772. The third-order valence-electron chi connectivity index (χ3n) is 2.91. The fraction of sp³-hybridized carbons (Fsp3) is 0.0714. The first-order chi connectivity index (χ1) is 9.75. The van der Waals surface area contributed by atoms with Crippen molar-refractivity contribution in [2.75, 3.05) is 5.73 Å². The molecule has 3 aromatic heterocycles. The van der Waals surface area contributed by atoms with E-state index in [1.165, 1.54) is 11.3 Å². The van der Waals surface area contributed by atoms with Crippen LogP contribution in [0.5, 0.6) is 0 Å². The second-order valence-corrected chi connectivity index (χ2v) is 5.31. The summed E-state index contributed by atoms with van der Waals surface area (Å²) in [6.45, 7) is 0.429. The van der Waals surface area contributed by atoms with Crippen molar-refractivity contribution in [3.05, 3.63) is 53.4 Å². The van der Waals surface area contributed by atoms with E-state index < -0.39 is 0 Å². The fourth-order valence-corrected chi connectivity index (χ4v) is 2.91. The van der Waals surface area contributed by atoms with E-state index in [0.29, 0.717) is 17.1 Å². The van der Waals surface area contributed by atoms with Gasteiger partial charge in [-0.25, -0.2) is 0 Å². The molecule has 3 rings (SSSR count). The Bertz CT molecular complexity index is 754. The van der Waals surface area contributed by atoms with Crippen LogP contribution in [0.3, 0.4) is 0 Å². The highest BCUT2D eigenvalue weighted by Gasteiger charge is 2.15. The monoisotopic (exact) mass is 284 g/mol. The van der Waals surface area contributed by atoms with Crippen LogP contribution in [0.1, 0.15) is 15.2 Å². The molecule has 6 heteroatoms. The summed E-state index contributed by atoms with van der Waals surface area (Å²) in [5.74, 6) is -0.174. The highest BCUT2D eigenvalue weighted by Crippen LogP contribution is 2.32. The molecule has 0 bridgehead atoms. The normalized spacial score (nSPS) is 10.6. The molecule has 0 saturated heterocycles. The number of pyridine rings is 2. The van der Waals surface area contributed by atoms with Gasteiger partial charge in [0.25, 0.3) is 5.91 Å². The summed E-state index contributed by atoms with van der Waals surface area (Å²) < 4.78 is 0.913. The van der Waals surface area contributed by atoms with Gasteiger partial charge in [-0.3, -0.25) is 14.8 Å². The highest BCUT2D eigenvalue weighted by molar-refractivity contribution is 7.21. The number of thiophene rings is 1. The zero-order chi connectivity index (χ0) is 13.9. The number of hydrogen-bond donors (Lipinski definition) is 2. The lowest BCUT2D eigenvalue weighted by Gasteiger charge is -2.04. The summed E-state index contributed by atoms with van der Waals surface area (Å²) in [4.78, 5) is 20.8. The van der Waals surface area contributed by atoms with Crippen LogP contribution in [-0.2, 0) is 6.54 Å². The Labute approximate surface area is 119 Å². The minimum absolute atomic E-state index is 0.174. The first-order valence-electron chi connectivity index (χ1n) is 6.05. The molecule has 0 fully saturated rings. The minimum Gasteiger partial charge on any atom is -0.397 e. The number of amides is 1. The molecule has 0 aliphatic heterocycles. The molecule has 20 heavy (non-hydrogen) atoms. The zero-order valence-corrected chi connectivity index (χ0v) is 11.4. The SMILES string of the molecule is Nc1c(C(=O)NCc2cccnc2)sc2cnccc12. The van der Waals surface area contributed by atoms with Crippen molar-refractivity contribution in [3.63, 3.8) is 0 Å². The Morgan fingerprint density at radius 2 is 2.10 bits per heavy atom. The Hall–Kier alpha value is -2.47. The van der Waals surface area contributed by atoms with Gasteiger partial charge in [0.15, 0.2) is 0 Å². The van der Waals surface area contributed by atoms with E-state index in [0.717, 1.165) is 15.6 Å². The summed E-state index contributed by atoms with van der Waals surface area (Å²) in [5, 5.41) is 3.72. The molecule has 0 unspecified atom stereocenters. The standard InChI is InChI=1S/C14H12N4OS/c15-12-10-3-5-17-8-11(10)20-13(12)14(19)18-7-9-2-1-4-16-6-9/h1-6,8H,7,15H2,(H,18,19). The van der Waals surface area contributed by atoms with Crippen LogP contribution in [0.15, 0.2) is 43.0 Å². The molecule has 0 aliphatic rings. The molecule has 1 amide bonds. The van der Waals surface area contributed by atoms with Gasteiger partial charge in [0.1, 0.15) is 4.88 Å². The molecule has 0 aliphatic carbocycles. The maximum absolute atomic E-state index is 12.2. The van der Waals surface area contributed by atoms with Crippen LogP contribution in [0.2, 0.25) is 0 Å². The van der Waals surface area contributed by atoms with Gasteiger partial charge in [-0.05, 0) is 17.7 Å². The number of nitrogens with zero attached hydrogens (tertiary/aromatic N) is 2. The lowest BCUT2D eigenvalue weighted by atomic mass is 10.2. The molecular weight excluding hydrogens is 272 g/mol. The van der Waals surface area contributed by atoms with Crippen molar-refractivity contribution in [2.24, 2.45) is 0 Å². The number of rotatable bonds is 3. The zero-order valence-electron chi connectivity index (χ0n) is 10.5. The van der Waals surface area contributed by atoms with Crippen LogP contribution < -0.4 is 11.1 Å². The van der Waals surface area contributed by atoms with Crippen molar-refractivity contribution in [2.45, 2.75) is 6.54 Å². The van der Waals surface area contributed by atoms with Crippen LogP contribution in [0.4, 0.5) is 5.69 Å². The molecule has 0 radical (unpaired) electrons. The Morgan fingerprint density at radius 3 is 2.85 bits per heavy atom. The third kappa shape index (κ3) is 2.33. The molecule has 5 nitrogen and oxygen atoms in total. The highest BCUT2D eigenvalue weighted by atomic mass is 32.1. The van der Waals surface area contributed by atoms with E-state index in [-0.39, 0.29) is 5.91 Å². The number of aromatic nitrogens is 2. The average Bonchev–Trinajstić information content (AvgIpc) is 2.84. The van der Waals surface area contributed by atoms with Crippen molar-refractivity contribution in [1.29, 1.82) is 0 Å². The predicted octanol–water partition coefficient (Wildman–Crippen LogP) is 2.20. The van der Waals surface area contributed by atoms with Crippen LogP contribution in [0.25, 0.3) is 10.1 Å². The van der Waals surface area contributed by atoms with E-state index in [2.05, 4.69) is 15.3 Å². The molecular formula is C14H12N4OS. The molecule has 0 atom stereocenters. The Balaban J connectivity index is 1.81. The van der Waals surface area contributed by atoms with Gasteiger partial charge >= 0.3 is 0 Å². The second-order valence-electron chi connectivity index (χ2n) is 4.26. The van der Waals surface area contributed by atoms with Crippen LogP contribution in [-0.4, -0.2) is 15.9 Å². The summed E-state index contributed by atoms with van der Waals surface area (Å²) in [6, 6.07) is 5.56. The molecule has 100 valence electrons. The summed E-state index contributed by atoms with van der Waals surface area (Å²) >= 11 is 1.35. The maximum atomic E-state index is 12.2. The first-order valence-corrected chi connectivity index (χ1v) is 6.86. The van der Waals surface area contributed by atoms with Crippen LogP contribution >= 0.6 is 11.3 Å². The van der Waals surface area contributed by atoms with E-state index in [4.69, 9.17) is 5.73 Å². The van der Waals surface area contributed by atoms with Crippen molar-refractivity contribution >= 4 is 33.0 Å². The van der Waals surface area contributed by atoms with E-state index in [1.54, 1.807) is 24.8 Å². The molecule has 3 aromatic rings. The number of nitrogen functional groups attached to an aromatic ring is 1. The number of fused-ring (bicyclic) bond motifs is 1. The van der Waals surface area contributed by atoms with E-state index >= 15 is 0 Å². The van der Waals surface area contributed by atoms with Gasteiger partial charge in [-0.2, -0.15) is 0 Å². The summed E-state index contributed by atoms with van der Waals surface area (Å²) in [7, 11) is 0. The van der Waals surface area contributed by atoms with Gasteiger partial charge in [0, 0.05) is 36.7 Å². The fourth-order valence-electron chi connectivity index (χ4n) is 1.91. The van der Waals surface area contributed by atoms with Crippen molar-refractivity contribution in [3.8, 4) is 0 Å². The van der Waals surface area contributed by atoms with Gasteiger partial charge in [0.05, 0.1) is 10.4 Å². The van der Waals surface area contributed by atoms with Gasteiger partial charge in [0.2, 0.25) is 0 Å². The van der Waals surface area contributed by atoms with Crippen molar-refractivity contribution in [1.82, 2.24) is 15.3 Å². The number of hydrogen-bond acceptors (Lipinski definition) is 5. The second kappa shape index (κ2) is 5.26. The topological polar surface area (TPSA) is 80.9 Å². The Morgan fingerprint density at radius 1 is 1.25 bits per heavy atom. The number of anilines is 1.